The third-order valence-corrected chi connectivity index (χ3v) is 5.37. The fourth-order valence-electron chi connectivity index (χ4n) is 3.02. The van der Waals surface area contributed by atoms with Gasteiger partial charge in [0.1, 0.15) is 12.2 Å². The summed E-state index contributed by atoms with van der Waals surface area (Å²) >= 11 is 0. The molecule has 0 aromatic carbocycles. The van der Waals surface area contributed by atoms with Crippen molar-refractivity contribution in [1.82, 2.24) is 15.1 Å². The molecule has 0 aliphatic carbocycles. The first kappa shape index (κ1) is 22.8. The van der Waals surface area contributed by atoms with Crippen LogP contribution >= 0.6 is 8.60 Å². The molecule has 0 saturated heterocycles. The van der Waals surface area contributed by atoms with E-state index in [1.165, 1.54) is 7.11 Å². The van der Waals surface area contributed by atoms with Gasteiger partial charge in [0.25, 0.3) is 5.82 Å². The number of nitrogens with zero attached hydrogens (tertiary/aromatic N) is 4. The molecule has 4 rings (SSSR count). The van der Waals surface area contributed by atoms with Crippen LogP contribution in [0.1, 0.15) is 16.8 Å². The van der Waals surface area contributed by atoms with Gasteiger partial charge in [-0.25, -0.2) is 9.55 Å². The fourth-order valence-corrected chi connectivity index (χ4v) is 3.35. The number of hydrogen-bond acceptors (Lipinski definition) is 9. The smallest absolute Gasteiger partial charge is 0.332 e. The zero-order valence-electron chi connectivity index (χ0n) is 17.9. The molecule has 0 saturated carbocycles. The summed E-state index contributed by atoms with van der Waals surface area (Å²) in [6.45, 7) is 0.467. The Balaban J connectivity index is 1.39. The molecule has 4 heterocycles. The van der Waals surface area contributed by atoms with Gasteiger partial charge in [-0.3, -0.25) is 15.2 Å². The van der Waals surface area contributed by atoms with Gasteiger partial charge in [-0.2, -0.15) is 0 Å². The van der Waals surface area contributed by atoms with Gasteiger partial charge in [0.15, 0.2) is 12.5 Å². The molecule has 4 aromatic rings. The van der Waals surface area contributed by atoms with E-state index in [-0.39, 0.29) is 6.73 Å². The van der Waals surface area contributed by atoms with Crippen molar-refractivity contribution in [3.05, 3.63) is 84.1 Å². The van der Waals surface area contributed by atoms with Crippen molar-refractivity contribution in [2.45, 2.75) is 19.8 Å². The van der Waals surface area contributed by atoms with Crippen molar-refractivity contribution < 1.29 is 27.8 Å². The van der Waals surface area contributed by atoms with Crippen molar-refractivity contribution in [3.8, 4) is 17.2 Å². The summed E-state index contributed by atoms with van der Waals surface area (Å²) in [4.78, 5) is 17.8. The quantitative estimate of drug-likeness (QED) is 0.266. The van der Waals surface area contributed by atoms with Crippen LogP contribution in [0.3, 0.4) is 0 Å². The monoisotopic (exact) mass is 468 g/mol. The highest BCUT2D eigenvalue weighted by Crippen LogP contribution is 2.31. The zero-order valence-corrected chi connectivity index (χ0v) is 18.8. The van der Waals surface area contributed by atoms with Gasteiger partial charge in [0.05, 0.1) is 11.9 Å². The summed E-state index contributed by atoms with van der Waals surface area (Å²) in [5.74, 6) is 1.48. The van der Waals surface area contributed by atoms with Gasteiger partial charge in [-0.15, -0.1) is 0 Å². The minimum atomic E-state index is -1.95. The number of rotatable bonds is 10. The Morgan fingerprint density at radius 3 is 2.76 bits per heavy atom. The lowest BCUT2D eigenvalue weighted by molar-refractivity contribution is -0.711. The lowest BCUT2D eigenvalue weighted by Crippen LogP contribution is -2.37. The molecule has 1 atom stereocenters. The Bertz CT molecular complexity index is 1170. The van der Waals surface area contributed by atoms with Crippen LogP contribution in [0.5, 0.6) is 5.88 Å². The number of nitrogens with two attached hydrogens (primary N) is 1. The van der Waals surface area contributed by atoms with Gasteiger partial charge in [-0.1, -0.05) is 11.2 Å². The predicted molar refractivity (Wildman–Crippen MR) is 119 cm³/mol. The molecule has 0 amide bonds. The standard InChI is InChI=1S/C22H22N5O5P/c1-29-33(28)31-15-27-10-2-3-19(22(27)23)20-12-18(26-32-20)11-17-4-5-21(25-13-17)30-14-16-6-8-24-9-7-16/h2-10,12-13,23,28H,11,14-15H2,1H3/p+1. The molecule has 0 bridgehead atoms. The minimum Gasteiger partial charge on any atom is -0.473 e. The highest BCUT2D eigenvalue weighted by molar-refractivity contribution is 7.40. The predicted octanol–water partition coefficient (Wildman–Crippen LogP) is 3.01. The Morgan fingerprint density at radius 2 is 2.00 bits per heavy atom. The Hall–Kier alpha value is -3.43. The summed E-state index contributed by atoms with van der Waals surface area (Å²) in [7, 11) is -0.583. The van der Waals surface area contributed by atoms with Crippen LogP contribution in [0.15, 0.2) is 71.8 Å². The zero-order chi connectivity index (χ0) is 23.0. The van der Waals surface area contributed by atoms with Crippen LogP contribution in [0, 0.1) is 0 Å². The van der Waals surface area contributed by atoms with Crippen molar-refractivity contribution in [2.24, 2.45) is 0 Å². The summed E-state index contributed by atoms with van der Waals surface area (Å²) in [5, 5.41) is 4.15. The van der Waals surface area contributed by atoms with Crippen molar-refractivity contribution in [1.29, 1.82) is 0 Å². The molecular formula is C22H23N5O5P+. The first-order valence-corrected chi connectivity index (χ1v) is 11.1. The van der Waals surface area contributed by atoms with Crippen molar-refractivity contribution in [3.63, 3.8) is 0 Å². The van der Waals surface area contributed by atoms with E-state index in [9.17, 15) is 4.89 Å². The second-order valence-corrected chi connectivity index (χ2v) is 8.06. The Kier molecular flexibility index (Phi) is 7.54. The summed E-state index contributed by atoms with van der Waals surface area (Å²) in [6, 6.07) is 13.0. The molecule has 11 heteroatoms. The molecule has 0 spiro atoms. The molecule has 0 aliphatic rings. The minimum absolute atomic E-state index is 0.0396. The molecule has 0 fully saturated rings. The maximum atomic E-state index is 9.46. The van der Waals surface area contributed by atoms with Gasteiger partial charge < -0.3 is 18.7 Å². The lowest BCUT2D eigenvalue weighted by Gasteiger charge is -2.08. The normalized spacial score (nSPS) is 11.9. The highest BCUT2D eigenvalue weighted by Gasteiger charge is 2.18. The van der Waals surface area contributed by atoms with E-state index in [0.717, 1.165) is 16.8 Å². The third kappa shape index (κ3) is 6.09. The molecule has 10 nitrogen and oxygen atoms in total. The van der Waals surface area contributed by atoms with Crippen LogP contribution in [0.2, 0.25) is 0 Å². The van der Waals surface area contributed by atoms with Crippen molar-refractivity contribution in [2.75, 3.05) is 12.8 Å². The maximum Gasteiger partial charge on any atom is 0.332 e. The van der Waals surface area contributed by atoms with Crippen LogP contribution in [-0.4, -0.2) is 27.1 Å². The topological polar surface area (TPSA) is 130 Å². The molecule has 4 aromatic heterocycles. The average molecular weight is 468 g/mol. The molecule has 0 radical (unpaired) electrons. The first-order valence-electron chi connectivity index (χ1n) is 9.99. The van der Waals surface area contributed by atoms with Crippen LogP contribution in [-0.2, 0) is 28.8 Å². The third-order valence-electron chi connectivity index (χ3n) is 4.72. The van der Waals surface area contributed by atoms with Crippen LogP contribution in [0.25, 0.3) is 11.3 Å². The maximum absolute atomic E-state index is 9.46. The number of hydrogen-bond donors (Lipinski definition) is 2. The van der Waals surface area contributed by atoms with E-state index in [1.54, 1.807) is 35.4 Å². The van der Waals surface area contributed by atoms with E-state index in [4.69, 9.17) is 24.0 Å². The number of aromatic nitrogens is 4. The van der Waals surface area contributed by atoms with Crippen LogP contribution < -0.4 is 15.0 Å². The van der Waals surface area contributed by atoms with Crippen molar-refractivity contribution >= 4 is 14.4 Å². The van der Waals surface area contributed by atoms with Gasteiger partial charge in [-0.05, 0) is 35.4 Å². The Morgan fingerprint density at radius 1 is 1.15 bits per heavy atom. The SMILES string of the molecule is COP(O)OC[n+]1cccc(-c2cc(Cc3ccc(OCc4ccncc4)nc3)no2)c1N. The van der Waals surface area contributed by atoms with Gasteiger partial charge >= 0.3 is 8.60 Å². The summed E-state index contributed by atoms with van der Waals surface area (Å²) in [5.41, 5.74) is 9.63. The van der Waals surface area contributed by atoms with Gasteiger partial charge in [0, 0.05) is 44.3 Å². The Labute approximate surface area is 191 Å². The second kappa shape index (κ2) is 10.9. The number of nitrogen functional groups attached to an aromatic ring is 1. The first-order chi connectivity index (χ1) is 16.1. The molecule has 3 N–H and O–H groups in total. The van der Waals surface area contributed by atoms with E-state index in [1.807, 2.05) is 36.4 Å². The average Bonchev–Trinajstić information content (AvgIpc) is 3.31. The molecule has 0 aliphatic heterocycles. The lowest BCUT2D eigenvalue weighted by atomic mass is 10.1. The van der Waals surface area contributed by atoms with E-state index >= 15 is 0 Å². The number of ether oxygens (including phenoxy) is 1. The van der Waals surface area contributed by atoms with E-state index < -0.39 is 8.60 Å². The van der Waals surface area contributed by atoms with Crippen LogP contribution in [0.4, 0.5) is 5.82 Å². The molecular weight excluding hydrogens is 445 g/mol. The highest BCUT2D eigenvalue weighted by atomic mass is 31.2. The summed E-state index contributed by atoms with van der Waals surface area (Å²) in [6.07, 6.45) is 7.48. The molecule has 170 valence electrons. The second-order valence-electron chi connectivity index (χ2n) is 6.96. The molecule has 33 heavy (non-hydrogen) atoms. The molecule has 1 unspecified atom stereocenters. The number of anilines is 1. The van der Waals surface area contributed by atoms with E-state index in [0.29, 0.717) is 36.0 Å². The summed E-state index contributed by atoms with van der Waals surface area (Å²) < 4.78 is 22.8. The largest absolute Gasteiger partial charge is 0.473 e. The van der Waals surface area contributed by atoms with E-state index in [2.05, 4.69) is 15.1 Å². The number of pyridine rings is 3. The van der Waals surface area contributed by atoms with Gasteiger partial charge in [0.2, 0.25) is 5.88 Å². The fraction of sp³-hybridized carbons (Fsp3) is 0.182.